The highest BCUT2D eigenvalue weighted by Crippen LogP contribution is 2.13. The summed E-state index contributed by atoms with van der Waals surface area (Å²) >= 11 is 3.50. The molecule has 0 atom stereocenters. The maximum absolute atomic E-state index is 4.23. The average Bonchev–Trinajstić information content (AvgIpc) is 2.77. The van der Waals surface area contributed by atoms with Crippen molar-refractivity contribution >= 4 is 15.9 Å². The maximum Gasteiger partial charge on any atom is 0.0951 e. The number of nitrogens with zero attached hydrogens (tertiary/aromatic N) is 2. The number of nitrogens with one attached hydrogen (secondary N) is 1. The van der Waals surface area contributed by atoms with Gasteiger partial charge in [-0.15, -0.1) is 0 Å². The van der Waals surface area contributed by atoms with E-state index in [4.69, 9.17) is 0 Å². The fraction of sp³-hybridized carbons (Fsp3) is 0.357. The number of aromatic nitrogens is 2. The van der Waals surface area contributed by atoms with Crippen molar-refractivity contribution in [2.24, 2.45) is 0 Å². The van der Waals surface area contributed by atoms with Gasteiger partial charge in [-0.05, 0) is 30.7 Å². The van der Waals surface area contributed by atoms with Crippen LogP contribution >= 0.6 is 15.9 Å². The van der Waals surface area contributed by atoms with Gasteiger partial charge < -0.3 is 9.88 Å². The molecule has 0 aliphatic heterocycles. The summed E-state index contributed by atoms with van der Waals surface area (Å²) in [5.74, 6) is 0. The minimum atomic E-state index is 0.864. The Morgan fingerprint density at radius 2 is 2.28 bits per heavy atom. The van der Waals surface area contributed by atoms with Gasteiger partial charge in [-0.3, -0.25) is 0 Å². The van der Waals surface area contributed by atoms with Gasteiger partial charge in [-0.25, -0.2) is 4.98 Å². The second-order valence-electron chi connectivity index (χ2n) is 4.32. The van der Waals surface area contributed by atoms with E-state index >= 15 is 0 Å². The molecule has 0 aliphatic carbocycles. The summed E-state index contributed by atoms with van der Waals surface area (Å²) in [5, 5.41) is 3.40. The molecule has 0 radical (unpaired) electrons. The van der Waals surface area contributed by atoms with E-state index in [0.717, 1.165) is 30.5 Å². The van der Waals surface area contributed by atoms with E-state index in [1.807, 2.05) is 18.6 Å². The normalized spacial score (nSPS) is 10.8. The number of hydrogen-bond donors (Lipinski definition) is 1. The van der Waals surface area contributed by atoms with Crippen molar-refractivity contribution in [2.75, 3.05) is 6.54 Å². The van der Waals surface area contributed by atoms with E-state index in [1.54, 1.807) is 0 Å². The molecule has 1 N–H and O–H groups in total. The Kier molecular flexibility index (Phi) is 4.96. The van der Waals surface area contributed by atoms with Crippen molar-refractivity contribution in [3.63, 3.8) is 0 Å². The molecule has 2 aromatic rings. The molecule has 0 unspecified atom stereocenters. The Hall–Kier alpha value is -1.13. The average molecular weight is 308 g/mol. The van der Waals surface area contributed by atoms with Gasteiger partial charge in [0.2, 0.25) is 0 Å². The Balaban J connectivity index is 2.03. The molecule has 2 rings (SSSR count). The molecule has 1 aromatic heterocycles. The fourth-order valence-electron chi connectivity index (χ4n) is 1.86. The molecule has 0 bridgehead atoms. The van der Waals surface area contributed by atoms with Crippen LogP contribution < -0.4 is 5.32 Å². The van der Waals surface area contributed by atoms with E-state index in [2.05, 4.69) is 55.9 Å². The number of benzene rings is 1. The van der Waals surface area contributed by atoms with E-state index < -0.39 is 0 Å². The number of hydrogen-bond acceptors (Lipinski definition) is 2. The largest absolute Gasteiger partial charge is 0.329 e. The van der Waals surface area contributed by atoms with E-state index in [0.29, 0.717) is 0 Å². The van der Waals surface area contributed by atoms with Gasteiger partial charge in [0, 0.05) is 23.8 Å². The number of rotatable bonds is 6. The molecule has 0 saturated carbocycles. The molecule has 0 amide bonds. The first-order valence-electron chi connectivity index (χ1n) is 6.23. The first-order valence-corrected chi connectivity index (χ1v) is 7.03. The molecule has 0 fully saturated rings. The van der Waals surface area contributed by atoms with E-state index in [9.17, 15) is 0 Å². The lowest BCUT2D eigenvalue weighted by atomic mass is 10.2. The van der Waals surface area contributed by atoms with Gasteiger partial charge in [0.15, 0.2) is 0 Å². The van der Waals surface area contributed by atoms with Crippen LogP contribution in [-0.4, -0.2) is 16.1 Å². The lowest BCUT2D eigenvalue weighted by Gasteiger charge is -2.09. The first-order chi connectivity index (χ1) is 8.79. The van der Waals surface area contributed by atoms with Crippen molar-refractivity contribution in [2.45, 2.75) is 26.4 Å². The standard InChI is InChI=1S/C14H18BrN3/c1-2-6-16-8-14-9-17-11-18(14)10-12-4-3-5-13(15)7-12/h3-5,7,9,11,16H,2,6,8,10H2,1H3. The Morgan fingerprint density at radius 1 is 1.39 bits per heavy atom. The van der Waals surface area contributed by atoms with Crippen LogP contribution in [-0.2, 0) is 13.1 Å². The highest BCUT2D eigenvalue weighted by atomic mass is 79.9. The highest BCUT2D eigenvalue weighted by molar-refractivity contribution is 9.10. The molecule has 4 heteroatoms. The van der Waals surface area contributed by atoms with Crippen LogP contribution in [0.3, 0.4) is 0 Å². The quantitative estimate of drug-likeness (QED) is 0.831. The molecule has 0 spiro atoms. The summed E-state index contributed by atoms with van der Waals surface area (Å²) in [7, 11) is 0. The summed E-state index contributed by atoms with van der Waals surface area (Å²) in [6.07, 6.45) is 4.98. The van der Waals surface area contributed by atoms with Crippen LogP contribution in [0.2, 0.25) is 0 Å². The van der Waals surface area contributed by atoms with Crippen molar-refractivity contribution in [1.82, 2.24) is 14.9 Å². The van der Waals surface area contributed by atoms with Gasteiger partial charge in [0.25, 0.3) is 0 Å². The smallest absolute Gasteiger partial charge is 0.0951 e. The topological polar surface area (TPSA) is 29.9 Å². The SMILES string of the molecule is CCCNCc1cncn1Cc1cccc(Br)c1. The minimum absolute atomic E-state index is 0.864. The Morgan fingerprint density at radius 3 is 3.06 bits per heavy atom. The van der Waals surface area contributed by atoms with Crippen LogP contribution in [0, 0.1) is 0 Å². The second-order valence-corrected chi connectivity index (χ2v) is 5.24. The van der Waals surface area contributed by atoms with Gasteiger partial charge in [0.1, 0.15) is 0 Å². The minimum Gasteiger partial charge on any atom is -0.329 e. The summed E-state index contributed by atoms with van der Waals surface area (Å²) < 4.78 is 3.30. The zero-order valence-electron chi connectivity index (χ0n) is 10.6. The molecular formula is C14H18BrN3. The summed E-state index contributed by atoms with van der Waals surface area (Å²) in [6.45, 7) is 4.96. The van der Waals surface area contributed by atoms with Crippen LogP contribution in [0.15, 0.2) is 41.3 Å². The molecule has 0 aliphatic rings. The van der Waals surface area contributed by atoms with Gasteiger partial charge in [0.05, 0.1) is 12.0 Å². The van der Waals surface area contributed by atoms with Crippen molar-refractivity contribution in [3.8, 4) is 0 Å². The highest BCUT2D eigenvalue weighted by Gasteiger charge is 2.02. The van der Waals surface area contributed by atoms with Gasteiger partial charge in [-0.2, -0.15) is 0 Å². The van der Waals surface area contributed by atoms with Crippen LogP contribution in [0.5, 0.6) is 0 Å². The van der Waals surface area contributed by atoms with Crippen LogP contribution in [0.4, 0.5) is 0 Å². The summed E-state index contributed by atoms with van der Waals surface area (Å²) in [5.41, 5.74) is 2.50. The van der Waals surface area contributed by atoms with Crippen LogP contribution in [0.1, 0.15) is 24.6 Å². The predicted molar refractivity (Wildman–Crippen MR) is 77.5 cm³/mol. The predicted octanol–water partition coefficient (Wildman–Crippen LogP) is 3.19. The number of halogens is 1. The van der Waals surface area contributed by atoms with Gasteiger partial charge >= 0.3 is 0 Å². The Bertz CT molecular complexity index is 493. The molecule has 0 saturated heterocycles. The van der Waals surface area contributed by atoms with Crippen molar-refractivity contribution in [1.29, 1.82) is 0 Å². The lowest BCUT2D eigenvalue weighted by Crippen LogP contribution is -2.16. The molecule has 3 nitrogen and oxygen atoms in total. The fourth-order valence-corrected chi connectivity index (χ4v) is 2.31. The molecule has 1 aromatic carbocycles. The zero-order chi connectivity index (χ0) is 12.8. The third kappa shape index (κ3) is 3.68. The van der Waals surface area contributed by atoms with Gasteiger partial charge in [-0.1, -0.05) is 35.0 Å². The first kappa shape index (κ1) is 13.3. The van der Waals surface area contributed by atoms with E-state index in [1.165, 1.54) is 11.3 Å². The summed E-state index contributed by atoms with van der Waals surface area (Å²) in [6, 6.07) is 8.38. The zero-order valence-corrected chi connectivity index (χ0v) is 12.2. The maximum atomic E-state index is 4.23. The molecule has 18 heavy (non-hydrogen) atoms. The molecule has 1 heterocycles. The summed E-state index contributed by atoms with van der Waals surface area (Å²) in [4.78, 5) is 4.23. The van der Waals surface area contributed by atoms with Crippen molar-refractivity contribution < 1.29 is 0 Å². The second kappa shape index (κ2) is 6.71. The van der Waals surface area contributed by atoms with E-state index in [-0.39, 0.29) is 0 Å². The third-order valence-electron chi connectivity index (χ3n) is 2.77. The Labute approximate surface area is 116 Å². The molecular weight excluding hydrogens is 290 g/mol. The third-order valence-corrected chi connectivity index (χ3v) is 3.27. The lowest BCUT2D eigenvalue weighted by molar-refractivity contribution is 0.630. The van der Waals surface area contributed by atoms with Crippen molar-refractivity contribution in [3.05, 3.63) is 52.5 Å². The van der Waals surface area contributed by atoms with Crippen LogP contribution in [0.25, 0.3) is 0 Å². The molecule has 96 valence electrons. The number of imidazole rings is 1. The monoisotopic (exact) mass is 307 g/mol.